The highest BCUT2D eigenvalue weighted by Gasteiger charge is 2.36. The molecule has 0 aliphatic carbocycles. The van der Waals surface area contributed by atoms with Crippen molar-refractivity contribution in [2.24, 2.45) is 0 Å². The van der Waals surface area contributed by atoms with Crippen molar-refractivity contribution in [1.29, 1.82) is 0 Å². The number of hydrogen-bond acceptors (Lipinski definition) is 8. The van der Waals surface area contributed by atoms with E-state index in [-0.39, 0.29) is 38.5 Å². The van der Waals surface area contributed by atoms with E-state index in [1.807, 2.05) is 0 Å². The van der Waals surface area contributed by atoms with Gasteiger partial charge in [-0.25, -0.2) is 0 Å². The summed E-state index contributed by atoms with van der Waals surface area (Å²) in [5.41, 5.74) is 0. The summed E-state index contributed by atoms with van der Waals surface area (Å²) in [6.45, 7) is 5.57. The van der Waals surface area contributed by atoms with Gasteiger partial charge in [0.15, 0.2) is 12.2 Å². The van der Waals surface area contributed by atoms with Crippen molar-refractivity contribution in [2.45, 2.75) is 51.9 Å². The summed E-state index contributed by atoms with van der Waals surface area (Å²) in [5, 5.41) is 0. The van der Waals surface area contributed by atoms with E-state index in [4.69, 9.17) is 8.37 Å². The zero-order chi connectivity index (χ0) is 21.0. The SMILES string of the molecule is CCC(OS(C)(=O)=O)C(=O)N1CCN(C(=O)C(CC)OS(C)(=O)=O)C(C)C1. The van der Waals surface area contributed by atoms with E-state index < -0.39 is 44.3 Å². The van der Waals surface area contributed by atoms with Crippen molar-refractivity contribution >= 4 is 32.1 Å². The van der Waals surface area contributed by atoms with E-state index in [0.29, 0.717) is 0 Å². The van der Waals surface area contributed by atoms with Gasteiger partial charge < -0.3 is 9.80 Å². The molecule has 1 fully saturated rings. The van der Waals surface area contributed by atoms with Gasteiger partial charge in [0.1, 0.15) is 0 Å². The largest absolute Gasteiger partial charge is 0.337 e. The van der Waals surface area contributed by atoms with Crippen LogP contribution in [0.15, 0.2) is 0 Å². The molecule has 1 heterocycles. The average Bonchev–Trinajstić information content (AvgIpc) is 2.54. The van der Waals surface area contributed by atoms with Crippen LogP contribution in [0.1, 0.15) is 33.6 Å². The lowest BCUT2D eigenvalue weighted by molar-refractivity contribution is -0.150. The number of amides is 2. The summed E-state index contributed by atoms with van der Waals surface area (Å²) in [6, 6.07) is -0.386. The molecule has 3 atom stereocenters. The molecule has 27 heavy (non-hydrogen) atoms. The first-order valence-corrected chi connectivity index (χ1v) is 12.3. The number of carbonyl (C=O) groups excluding carboxylic acids is 2. The summed E-state index contributed by atoms with van der Waals surface area (Å²) >= 11 is 0. The van der Waals surface area contributed by atoms with Crippen LogP contribution in [0.25, 0.3) is 0 Å². The van der Waals surface area contributed by atoms with Crippen molar-refractivity contribution in [1.82, 2.24) is 9.80 Å². The normalized spacial score (nSPS) is 21.0. The average molecular weight is 429 g/mol. The van der Waals surface area contributed by atoms with Crippen molar-refractivity contribution in [3.63, 3.8) is 0 Å². The molecule has 0 aromatic rings. The quantitative estimate of drug-likeness (QED) is 0.476. The molecule has 0 aromatic heterocycles. The lowest BCUT2D eigenvalue weighted by atomic mass is 10.1. The van der Waals surface area contributed by atoms with Crippen molar-refractivity contribution in [3.05, 3.63) is 0 Å². The van der Waals surface area contributed by atoms with Crippen LogP contribution in [0.5, 0.6) is 0 Å². The molecule has 0 spiro atoms. The van der Waals surface area contributed by atoms with Crippen molar-refractivity contribution < 1.29 is 34.8 Å². The van der Waals surface area contributed by atoms with Gasteiger partial charge in [-0.05, 0) is 19.8 Å². The highest BCUT2D eigenvalue weighted by molar-refractivity contribution is 7.86. The number of piperazine rings is 1. The second-order valence-corrected chi connectivity index (χ2v) is 9.76. The summed E-state index contributed by atoms with van der Waals surface area (Å²) in [4.78, 5) is 28.1. The van der Waals surface area contributed by atoms with E-state index in [0.717, 1.165) is 12.5 Å². The van der Waals surface area contributed by atoms with Gasteiger partial charge in [-0.3, -0.25) is 18.0 Å². The molecule has 12 heteroatoms. The van der Waals surface area contributed by atoms with Crippen molar-refractivity contribution in [2.75, 3.05) is 32.1 Å². The Labute approximate surface area is 161 Å². The van der Waals surface area contributed by atoms with Crippen LogP contribution in [0.4, 0.5) is 0 Å². The maximum Gasteiger partial charge on any atom is 0.265 e. The molecule has 158 valence electrons. The molecule has 3 unspecified atom stereocenters. The second kappa shape index (κ2) is 9.30. The summed E-state index contributed by atoms with van der Waals surface area (Å²) in [6.07, 6.45) is -0.0601. The third kappa shape index (κ3) is 7.35. The van der Waals surface area contributed by atoms with Crippen LogP contribution in [0, 0.1) is 0 Å². The summed E-state index contributed by atoms with van der Waals surface area (Å²) in [7, 11) is -7.55. The van der Waals surface area contributed by atoms with Crippen LogP contribution < -0.4 is 0 Å². The Morgan fingerprint density at radius 3 is 1.74 bits per heavy atom. The zero-order valence-corrected chi connectivity index (χ0v) is 17.9. The van der Waals surface area contributed by atoms with Crippen LogP contribution in [-0.2, 0) is 38.2 Å². The maximum atomic E-state index is 12.6. The fourth-order valence-corrected chi connectivity index (χ4v) is 4.14. The third-order valence-electron chi connectivity index (χ3n) is 4.10. The van der Waals surface area contributed by atoms with Crippen LogP contribution in [-0.4, -0.2) is 88.8 Å². The van der Waals surface area contributed by atoms with E-state index in [2.05, 4.69) is 0 Å². The smallest absolute Gasteiger partial charge is 0.265 e. The Kier molecular flexibility index (Phi) is 8.20. The van der Waals surface area contributed by atoms with Gasteiger partial charge in [0, 0.05) is 25.7 Å². The lowest BCUT2D eigenvalue weighted by Gasteiger charge is -2.41. The third-order valence-corrected chi connectivity index (χ3v) is 5.26. The van der Waals surface area contributed by atoms with Gasteiger partial charge in [-0.2, -0.15) is 16.8 Å². The topological polar surface area (TPSA) is 127 Å². The Bertz CT molecular complexity index is 750. The van der Waals surface area contributed by atoms with Gasteiger partial charge >= 0.3 is 0 Å². The highest BCUT2D eigenvalue weighted by Crippen LogP contribution is 2.17. The Morgan fingerprint density at radius 1 is 0.926 bits per heavy atom. The fourth-order valence-electron chi connectivity index (χ4n) is 2.86. The van der Waals surface area contributed by atoms with Crippen LogP contribution in [0.2, 0.25) is 0 Å². The van der Waals surface area contributed by atoms with Gasteiger partial charge in [0.2, 0.25) is 0 Å². The molecular weight excluding hydrogens is 400 g/mol. The van der Waals surface area contributed by atoms with Crippen LogP contribution in [0.3, 0.4) is 0 Å². The number of carbonyl (C=O) groups is 2. The van der Waals surface area contributed by atoms with E-state index in [1.165, 1.54) is 9.80 Å². The molecule has 0 N–H and O–H groups in total. The standard InChI is InChI=1S/C15H28N2O8S2/c1-6-12(24-26(4,20)21)14(18)16-8-9-17(11(3)10-16)15(19)13(7-2)25-27(5,22)23/h11-13H,6-10H2,1-5H3. The molecule has 1 saturated heterocycles. The first-order valence-electron chi connectivity index (χ1n) is 8.64. The second-order valence-electron chi connectivity index (χ2n) is 6.56. The first-order chi connectivity index (χ1) is 12.3. The van der Waals surface area contributed by atoms with Gasteiger partial charge in [0.05, 0.1) is 12.5 Å². The zero-order valence-electron chi connectivity index (χ0n) is 16.2. The highest BCUT2D eigenvalue weighted by atomic mass is 32.2. The van der Waals surface area contributed by atoms with E-state index >= 15 is 0 Å². The van der Waals surface area contributed by atoms with E-state index in [1.54, 1.807) is 20.8 Å². The first kappa shape index (κ1) is 23.8. The van der Waals surface area contributed by atoms with Crippen molar-refractivity contribution in [3.8, 4) is 0 Å². The molecule has 1 aliphatic rings. The Hall–Kier alpha value is -1.24. The van der Waals surface area contributed by atoms with Gasteiger partial charge in [0.25, 0.3) is 32.1 Å². The minimum atomic E-state index is -3.78. The number of hydrogen-bond donors (Lipinski definition) is 0. The molecular formula is C15H28N2O8S2. The summed E-state index contributed by atoms with van der Waals surface area (Å²) in [5.74, 6) is -0.914. The molecule has 2 amide bonds. The molecule has 0 aromatic carbocycles. The molecule has 1 aliphatic heterocycles. The Balaban J connectivity index is 2.81. The van der Waals surface area contributed by atoms with Gasteiger partial charge in [-0.1, -0.05) is 13.8 Å². The van der Waals surface area contributed by atoms with Crippen LogP contribution >= 0.6 is 0 Å². The Morgan fingerprint density at radius 2 is 1.37 bits per heavy atom. The minimum Gasteiger partial charge on any atom is -0.337 e. The van der Waals surface area contributed by atoms with Gasteiger partial charge in [-0.15, -0.1) is 0 Å². The molecule has 0 saturated carbocycles. The monoisotopic (exact) mass is 428 g/mol. The predicted octanol–water partition coefficient (Wildman–Crippen LogP) is -0.445. The predicted molar refractivity (Wildman–Crippen MR) is 97.8 cm³/mol. The molecule has 0 radical (unpaired) electrons. The number of nitrogens with zero attached hydrogens (tertiary/aromatic N) is 2. The number of rotatable bonds is 8. The maximum absolute atomic E-state index is 12.6. The minimum absolute atomic E-state index is 0.184. The lowest BCUT2D eigenvalue weighted by Crippen LogP contribution is -2.59. The molecule has 0 bridgehead atoms. The fraction of sp³-hybridized carbons (Fsp3) is 0.867. The molecule has 1 rings (SSSR count). The summed E-state index contributed by atoms with van der Waals surface area (Å²) < 4.78 is 54.9. The molecule has 10 nitrogen and oxygen atoms in total. The van der Waals surface area contributed by atoms with E-state index in [9.17, 15) is 26.4 Å².